The van der Waals surface area contributed by atoms with Gasteiger partial charge < -0.3 is 5.32 Å². The first kappa shape index (κ1) is 25.6. The average molecular weight is 566 g/mol. The second-order valence-corrected chi connectivity index (χ2v) is 12.7. The van der Waals surface area contributed by atoms with Crippen molar-refractivity contribution in [2.45, 2.75) is 43.4 Å². The van der Waals surface area contributed by atoms with E-state index in [1.54, 1.807) is 0 Å². The zero-order chi connectivity index (χ0) is 29.1. The van der Waals surface area contributed by atoms with Gasteiger partial charge >= 0.3 is 0 Å². The van der Waals surface area contributed by atoms with Gasteiger partial charge in [-0.25, -0.2) is 0 Å². The van der Waals surface area contributed by atoms with Crippen LogP contribution in [0.15, 0.2) is 140 Å². The molecule has 44 heavy (non-hydrogen) atoms. The number of anilines is 2. The van der Waals surface area contributed by atoms with Crippen molar-refractivity contribution < 1.29 is 0 Å². The fraction of sp³-hybridized carbons (Fsp3) is 0.163. The standard InChI is InChI=1S/C43H35N/c1-2-13-29(14-3-1)32-15-4-5-16-33(32)30-25-27-31(28-26-30)44-41-24-12-23-40-42(41)36-19-8-11-22-39(36)43(40)37-20-9-6-17-34(37)35-18-7-10-21-38(35)43/h4-12,15-29,44H,1-3,13-14H2. The number of rotatable bonds is 4. The Morgan fingerprint density at radius 2 is 1.00 bits per heavy atom. The molecule has 1 N–H and O–H groups in total. The monoisotopic (exact) mass is 565 g/mol. The van der Waals surface area contributed by atoms with Crippen LogP contribution in [0.3, 0.4) is 0 Å². The predicted octanol–water partition coefficient (Wildman–Crippen LogP) is 11.5. The highest BCUT2D eigenvalue weighted by Gasteiger charge is 2.51. The smallest absolute Gasteiger partial charge is 0.0726 e. The highest BCUT2D eigenvalue weighted by Crippen LogP contribution is 2.63. The summed E-state index contributed by atoms with van der Waals surface area (Å²) in [5.74, 6) is 0.683. The summed E-state index contributed by atoms with van der Waals surface area (Å²) in [6.07, 6.45) is 6.71. The molecule has 1 saturated carbocycles. The molecule has 1 nitrogen and oxygen atoms in total. The lowest BCUT2D eigenvalue weighted by atomic mass is 9.70. The molecular weight excluding hydrogens is 530 g/mol. The lowest BCUT2D eigenvalue weighted by Crippen LogP contribution is -2.25. The molecule has 1 spiro atoms. The normalized spacial score (nSPS) is 15.8. The van der Waals surface area contributed by atoms with E-state index in [9.17, 15) is 0 Å². The van der Waals surface area contributed by atoms with Gasteiger partial charge in [0.2, 0.25) is 0 Å². The van der Waals surface area contributed by atoms with Gasteiger partial charge in [0.15, 0.2) is 0 Å². The maximum absolute atomic E-state index is 3.86. The first-order valence-electron chi connectivity index (χ1n) is 16.2. The van der Waals surface area contributed by atoms with Crippen molar-refractivity contribution in [3.8, 4) is 33.4 Å². The summed E-state index contributed by atoms with van der Waals surface area (Å²) in [6.45, 7) is 0. The molecule has 0 amide bonds. The van der Waals surface area contributed by atoms with Crippen molar-refractivity contribution in [2.24, 2.45) is 0 Å². The van der Waals surface area contributed by atoms with Crippen LogP contribution < -0.4 is 5.32 Å². The molecule has 0 aromatic heterocycles. The molecular formula is C43H35N. The zero-order valence-electron chi connectivity index (χ0n) is 24.9. The molecule has 6 aromatic rings. The topological polar surface area (TPSA) is 12.0 Å². The Bertz CT molecular complexity index is 1980. The predicted molar refractivity (Wildman–Crippen MR) is 184 cm³/mol. The van der Waals surface area contributed by atoms with Crippen LogP contribution in [0.5, 0.6) is 0 Å². The fourth-order valence-electron chi connectivity index (χ4n) is 8.67. The van der Waals surface area contributed by atoms with E-state index in [1.807, 2.05) is 0 Å². The second kappa shape index (κ2) is 10.1. The summed E-state index contributed by atoms with van der Waals surface area (Å²) in [5, 5.41) is 3.86. The van der Waals surface area contributed by atoms with Gasteiger partial charge in [-0.15, -0.1) is 0 Å². The molecule has 0 aliphatic heterocycles. The fourth-order valence-corrected chi connectivity index (χ4v) is 8.67. The Hall–Kier alpha value is -4.88. The molecule has 1 fully saturated rings. The largest absolute Gasteiger partial charge is 0.355 e. The minimum absolute atomic E-state index is 0.316. The summed E-state index contributed by atoms with van der Waals surface area (Å²) in [6, 6.07) is 52.0. The molecule has 0 atom stereocenters. The van der Waals surface area contributed by atoms with E-state index in [0.717, 1.165) is 11.4 Å². The van der Waals surface area contributed by atoms with Gasteiger partial charge in [-0.05, 0) is 92.6 Å². The van der Waals surface area contributed by atoms with Crippen molar-refractivity contribution in [1.82, 2.24) is 0 Å². The molecule has 0 unspecified atom stereocenters. The Kier molecular flexibility index (Phi) is 5.88. The van der Waals surface area contributed by atoms with E-state index in [2.05, 4.69) is 145 Å². The Labute approximate surface area is 260 Å². The molecule has 0 heterocycles. The maximum atomic E-state index is 3.86. The number of hydrogen-bond donors (Lipinski definition) is 1. The molecule has 3 aliphatic rings. The molecule has 6 aromatic carbocycles. The molecule has 1 heteroatoms. The molecule has 0 radical (unpaired) electrons. The van der Waals surface area contributed by atoms with E-state index in [4.69, 9.17) is 0 Å². The molecule has 3 aliphatic carbocycles. The van der Waals surface area contributed by atoms with Gasteiger partial charge in [-0.2, -0.15) is 0 Å². The first-order chi connectivity index (χ1) is 21.8. The highest BCUT2D eigenvalue weighted by molar-refractivity contribution is 5.99. The summed E-state index contributed by atoms with van der Waals surface area (Å²) >= 11 is 0. The third-order valence-electron chi connectivity index (χ3n) is 10.5. The summed E-state index contributed by atoms with van der Waals surface area (Å²) in [4.78, 5) is 0. The van der Waals surface area contributed by atoms with Gasteiger partial charge in [0, 0.05) is 16.9 Å². The average Bonchev–Trinajstić information content (AvgIpc) is 3.57. The Morgan fingerprint density at radius 3 is 1.68 bits per heavy atom. The molecule has 212 valence electrons. The van der Waals surface area contributed by atoms with Crippen molar-refractivity contribution >= 4 is 11.4 Å². The summed E-state index contributed by atoms with van der Waals surface area (Å²) < 4.78 is 0. The van der Waals surface area contributed by atoms with E-state index in [1.165, 1.54) is 93.3 Å². The Balaban J connectivity index is 1.14. The van der Waals surface area contributed by atoms with Gasteiger partial charge in [-0.3, -0.25) is 0 Å². The number of fused-ring (bicyclic) bond motifs is 10. The molecule has 0 bridgehead atoms. The van der Waals surface area contributed by atoms with Gasteiger partial charge in [0.25, 0.3) is 0 Å². The van der Waals surface area contributed by atoms with Crippen molar-refractivity contribution in [3.63, 3.8) is 0 Å². The minimum Gasteiger partial charge on any atom is -0.355 e. The highest BCUT2D eigenvalue weighted by atomic mass is 14.9. The van der Waals surface area contributed by atoms with Crippen molar-refractivity contribution in [1.29, 1.82) is 0 Å². The van der Waals surface area contributed by atoms with E-state index in [-0.39, 0.29) is 5.41 Å². The third-order valence-corrected chi connectivity index (χ3v) is 10.5. The number of hydrogen-bond acceptors (Lipinski definition) is 1. The van der Waals surface area contributed by atoms with Crippen LogP contribution >= 0.6 is 0 Å². The van der Waals surface area contributed by atoms with Gasteiger partial charge in [0.1, 0.15) is 0 Å². The van der Waals surface area contributed by atoms with Gasteiger partial charge in [-0.1, -0.05) is 141 Å². The van der Waals surface area contributed by atoms with Crippen LogP contribution in [-0.4, -0.2) is 0 Å². The number of benzene rings is 6. The van der Waals surface area contributed by atoms with Crippen LogP contribution in [-0.2, 0) is 5.41 Å². The van der Waals surface area contributed by atoms with Gasteiger partial charge in [0.05, 0.1) is 5.41 Å². The quantitative estimate of drug-likeness (QED) is 0.224. The lowest BCUT2D eigenvalue weighted by molar-refractivity contribution is 0.444. The summed E-state index contributed by atoms with van der Waals surface area (Å²) in [5.41, 5.74) is 17.0. The minimum atomic E-state index is -0.316. The molecule has 0 saturated heterocycles. The van der Waals surface area contributed by atoms with E-state index in [0.29, 0.717) is 5.92 Å². The first-order valence-corrected chi connectivity index (χ1v) is 16.2. The van der Waals surface area contributed by atoms with Crippen LogP contribution in [0.2, 0.25) is 0 Å². The van der Waals surface area contributed by atoms with Crippen molar-refractivity contribution in [2.75, 3.05) is 5.32 Å². The maximum Gasteiger partial charge on any atom is 0.0726 e. The number of nitrogens with one attached hydrogen (secondary N) is 1. The molecule has 9 rings (SSSR count). The van der Waals surface area contributed by atoms with Crippen LogP contribution in [0.1, 0.15) is 65.8 Å². The van der Waals surface area contributed by atoms with Crippen molar-refractivity contribution in [3.05, 3.63) is 167 Å². The lowest BCUT2D eigenvalue weighted by Gasteiger charge is -2.30. The third kappa shape index (κ3) is 3.65. The SMILES string of the molecule is c1ccc(C2CCCCC2)c(-c2ccc(Nc3cccc4c3-c3ccccc3C43c4ccccc4-c4ccccc43)cc2)c1. The van der Waals surface area contributed by atoms with Crippen LogP contribution in [0.25, 0.3) is 33.4 Å². The van der Waals surface area contributed by atoms with E-state index < -0.39 is 0 Å². The Morgan fingerprint density at radius 1 is 0.455 bits per heavy atom. The van der Waals surface area contributed by atoms with Crippen LogP contribution in [0.4, 0.5) is 11.4 Å². The van der Waals surface area contributed by atoms with Crippen LogP contribution in [0, 0.1) is 0 Å². The van der Waals surface area contributed by atoms with E-state index >= 15 is 0 Å². The zero-order valence-corrected chi connectivity index (χ0v) is 24.9. The second-order valence-electron chi connectivity index (χ2n) is 12.7. The summed E-state index contributed by atoms with van der Waals surface area (Å²) in [7, 11) is 0.